The number of benzene rings is 2. The highest BCUT2D eigenvalue weighted by molar-refractivity contribution is 6.04. The van der Waals surface area contributed by atoms with Gasteiger partial charge in [-0.3, -0.25) is 4.79 Å². The molecule has 0 saturated carbocycles. The van der Waals surface area contributed by atoms with Crippen molar-refractivity contribution in [2.45, 2.75) is 13.8 Å². The van der Waals surface area contributed by atoms with E-state index in [1.807, 2.05) is 13.8 Å². The SMILES string of the molecule is Cc1ccc(F)c(NC(=O)c2ccc(N)c(C)c2)c1. The molecule has 0 spiro atoms. The van der Waals surface area contributed by atoms with Crippen molar-refractivity contribution in [3.8, 4) is 0 Å². The van der Waals surface area contributed by atoms with Crippen LogP contribution in [0.3, 0.4) is 0 Å². The van der Waals surface area contributed by atoms with Crippen molar-refractivity contribution in [2.75, 3.05) is 11.1 Å². The fourth-order valence-electron chi connectivity index (χ4n) is 1.75. The number of aryl methyl sites for hydroxylation is 2. The summed E-state index contributed by atoms with van der Waals surface area (Å²) in [7, 11) is 0. The number of amides is 1. The minimum absolute atomic E-state index is 0.180. The van der Waals surface area contributed by atoms with Crippen LogP contribution < -0.4 is 11.1 Å². The Kier molecular flexibility index (Phi) is 3.51. The summed E-state index contributed by atoms with van der Waals surface area (Å²) in [6, 6.07) is 9.54. The molecule has 98 valence electrons. The molecule has 19 heavy (non-hydrogen) atoms. The van der Waals surface area contributed by atoms with Crippen molar-refractivity contribution >= 4 is 17.3 Å². The van der Waals surface area contributed by atoms with E-state index in [9.17, 15) is 9.18 Å². The average Bonchev–Trinajstić information content (AvgIpc) is 2.37. The molecule has 0 radical (unpaired) electrons. The van der Waals surface area contributed by atoms with Crippen LogP contribution in [0.1, 0.15) is 21.5 Å². The summed E-state index contributed by atoms with van der Waals surface area (Å²) in [4.78, 5) is 12.0. The van der Waals surface area contributed by atoms with E-state index in [1.54, 1.807) is 30.3 Å². The monoisotopic (exact) mass is 258 g/mol. The van der Waals surface area contributed by atoms with Crippen LogP contribution in [0.15, 0.2) is 36.4 Å². The van der Waals surface area contributed by atoms with E-state index in [1.165, 1.54) is 6.07 Å². The fourth-order valence-corrected chi connectivity index (χ4v) is 1.75. The molecule has 0 aliphatic heterocycles. The molecule has 2 aromatic rings. The van der Waals surface area contributed by atoms with Gasteiger partial charge in [0.1, 0.15) is 5.82 Å². The second-order valence-corrected chi connectivity index (χ2v) is 4.51. The summed E-state index contributed by atoms with van der Waals surface area (Å²) < 4.78 is 13.6. The second-order valence-electron chi connectivity index (χ2n) is 4.51. The summed E-state index contributed by atoms with van der Waals surface area (Å²) >= 11 is 0. The van der Waals surface area contributed by atoms with Crippen molar-refractivity contribution in [3.63, 3.8) is 0 Å². The molecule has 3 N–H and O–H groups in total. The smallest absolute Gasteiger partial charge is 0.255 e. The van der Waals surface area contributed by atoms with Crippen LogP contribution in [0.2, 0.25) is 0 Å². The highest BCUT2D eigenvalue weighted by atomic mass is 19.1. The molecule has 0 bridgehead atoms. The van der Waals surface area contributed by atoms with E-state index < -0.39 is 5.82 Å². The number of carbonyl (C=O) groups excluding carboxylic acids is 1. The summed E-state index contributed by atoms with van der Waals surface area (Å²) in [5.41, 5.74) is 8.65. The lowest BCUT2D eigenvalue weighted by Crippen LogP contribution is -2.13. The van der Waals surface area contributed by atoms with Crippen molar-refractivity contribution < 1.29 is 9.18 Å². The first-order chi connectivity index (χ1) is 8.97. The molecule has 0 aromatic heterocycles. The van der Waals surface area contributed by atoms with Gasteiger partial charge in [-0.25, -0.2) is 4.39 Å². The third-order valence-electron chi connectivity index (χ3n) is 2.90. The van der Waals surface area contributed by atoms with Gasteiger partial charge in [0.05, 0.1) is 5.69 Å². The van der Waals surface area contributed by atoms with Crippen LogP contribution in [-0.2, 0) is 0 Å². The first-order valence-electron chi connectivity index (χ1n) is 5.91. The zero-order valence-corrected chi connectivity index (χ0v) is 10.8. The maximum absolute atomic E-state index is 13.6. The van der Waals surface area contributed by atoms with Crippen molar-refractivity contribution in [3.05, 3.63) is 58.9 Å². The molecule has 0 saturated heterocycles. The predicted molar refractivity (Wildman–Crippen MR) is 74.7 cm³/mol. The van der Waals surface area contributed by atoms with Crippen LogP contribution in [0.4, 0.5) is 15.8 Å². The van der Waals surface area contributed by atoms with Gasteiger partial charge in [0.2, 0.25) is 0 Å². The Hall–Kier alpha value is -2.36. The van der Waals surface area contributed by atoms with Crippen molar-refractivity contribution in [1.29, 1.82) is 0 Å². The zero-order valence-electron chi connectivity index (χ0n) is 10.8. The number of nitrogens with one attached hydrogen (secondary N) is 1. The summed E-state index contributed by atoms with van der Waals surface area (Å²) in [5.74, 6) is -0.807. The number of rotatable bonds is 2. The maximum atomic E-state index is 13.6. The first kappa shape index (κ1) is 13.1. The van der Waals surface area contributed by atoms with Gasteiger partial charge in [-0.2, -0.15) is 0 Å². The Morgan fingerprint density at radius 3 is 2.58 bits per heavy atom. The Balaban J connectivity index is 2.25. The van der Waals surface area contributed by atoms with Crippen molar-refractivity contribution in [2.24, 2.45) is 0 Å². The number of nitrogens with two attached hydrogens (primary N) is 1. The Morgan fingerprint density at radius 1 is 1.16 bits per heavy atom. The third kappa shape index (κ3) is 2.91. The quantitative estimate of drug-likeness (QED) is 0.812. The lowest BCUT2D eigenvalue weighted by atomic mass is 10.1. The van der Waals surface area contributed by atoms with Gasteiger partial charge in [-0.15, -0.1) is 0 Å². The third-order valence-corrected chi connectivity index (χ3v) is 2.90. The fraction of sp³-hybridized carbons (Fsp3) is 0.133. The zero-order chi connectivity index (χ0) is 14.0. The van der Waals surface area contributed by atoms with Crippen LogP contribution >= 0.6 is 0 Å². The highest BCUT2D eigenvalue weighted by Gasteiger charge is 2.10. The molecule has 2 aromatic carbocycles. The molecule has 2 rings (SSSR count). The van der Waals surface area contributed by atoms with Gasteiger partial charge < -0.3 is 11.1 Å². The molecule has 0 unspecified atom stereocenters. The van der Waals surface area contributed by atoms with Crippen LogP contribution in [0, 0.1) is 19.7 Å². The van der Waals surface area contributed by atoms with E-state index >= 15 is 0 Å². The van der Waals surface area contributed by atoms with Crippen LogP contribution in [0.25, 0.3) is 0 Å². The average molecular weight is 258 g/mol. The van der Waals surface area contributed by atoms with Gasteiger partial charge in [-0.1, -0.05) is 6.07 Å². The highest BCUT2D eigenvalue weighted by Crippen LogP contribution is 2.18. The van der Waals surface area contributed by atoms with E-state index in [4.69, 9.17) is 5.73 Å². The molecular formula is C15H15FN2O. The largest absolute Gasteiger partial charge is 0.399 e. The maximum Gasteiger partial charge on any atom is 0.255 e. The topological polar surface area (TPSA) is 55.1 Å². The van der Waals surface area contributed by atoms with Gasteiger partial charge in [0, 0.05) is 11.3 Å². The molecule has 1 amide bonds. The molecule has 0 atom stereocenters. The Morgan fingerprint density at radius 2 is 1.89 bits per heavy atom. The summed E-state index contributed by atoms with van der Waals surface area (Å²) in [6.45, 7) is 3.65. The predicted octanol–water partition coefficient (Wildman–Crippen LogP) is 3.28. The van der Waals surface area contributed by atoms with Crippen molar-refractivity contribution in [1.82, 2.24) is 0 Å². The number of carbonyl (C=O) groups is 1. The first-order valence-corrected chi connectivity index (χ1v) is 5.91. The molecule has 0 heterocycles. The Labute approximate surface area is 111 Å². The summed E-state index contributed by atoms with van der Waals surface area (Å²) in [5, 5.41) is 2.56. The number of hydrogen-bond donors (Lipinski definition) is 2. The van der Waals surface area contributed by atoms with Crippen LogP contribution in [0.5, 0.6) is 0 Å². The number of halogens is 1. The lowest BCUT2D eigenvalue weighted by molar-refractivity contribution is 0.102. The molecular weight excluding hydrogens is 243 g/mol. The minimum atomic E-state index is -0.453. The second kappa shape index (κ2) is 5.10. The van der Waals surface area contributed by atoms with E-state index in [0.29, 0.717) is 11.3 Å². The molecule has 0 fully saturated rings. The van der Waals surface area contributed by atoms with Gasteiger partial charge in [0.25, 0.3) is 5.91 Å². The van der Waals surface area contributed by atoms with E-state index in [2.05, 4.69) is 5.32 Å². The standard InChI is InChI=1S/C15H15FN2O/c1-9-3-5-12(16)14(7-9)18-15(19)11-4-6-13(17)10(2)8-11/h3-8H,17H2,1-2H3,(H,18,19). The number of anilines is 2. The van der Waals surface area contributed by atoms with Gasteiger partial charge >= 0.3 is 0 Å². The molecule has 0 aliphatic rings. The van der Waals surface area contributed by atoms with E-state index in [-0.39, 0.29) is 11.6 Å². The lowest BCUT2D eigenvalue weighted by Gasteiger charge is -2.08. The van der Waals surface area contributed by atoms with E-state index in [0.717, 1.165) is 11.1 Å². The van der Waals surface area contributed by atoms with Gasteiger partial charge in [0.15, 0.2) is 0 Å². The molecule has 0 aliphatic carbocycles. The Bertz CT molecular complexity index is 638. The molecule has 3 nitrogen and oxygen atoms in total. The van der Waals surface area contributed by atoms with Crippen LogP contribution in [-0.4, -0.2) is 5.91 Å². The van der Waals surface area contributed by atoms with Gasteiger partial charge in [-0.05, 0) is 55.3 Å². The minimum Gasteiger partial charge on any atom is -0.399 e. The normalized spacial score (nSPS) is 10.3. The number of hydrogen-bond acceptors (Lipinski definition) is 2. The number of nitrogen functional groups attached to an aromatic ring is 1. The molecule has 4 heteroatoms. The summed E-state index contributed by atoms with van der Waals surface area (Å²) in [6.07, 6.45) is 0.